The van der Waals surface area contributed by atoms with E-state index in [1.807, 2.05) is 25.7 Å². The Morgan fingerprint density at radius 2 is 2.06 bits per heavy atom. The summed E-state index contributed by atoms with van der Waals surface area (Å²) in [7, 11) is -3.91. The first-order valence-corrected chi connectivity index (χ1v) is 13.6. The predicted molar refractivity (Wildman–Crippen MR) is 126 cm³/mol. The van der Waals surface area contributed by atoms with Crippen LogP contribution in [0.1, 0.15) is 45.0 Å². The highest BCUT2D eigenvalue weighted by Crippen LogP contribution is 2.38. The molecule has 4 heterocycles. The molecule has 0 unspecified atom stereocenters. The zero-order chi connectivity index (χ0) is 25.1. The Bertz CT molecular complexity index is 1360. The maximum atomic E-state index is 13.8. The van der Waals surface area contributed by atoms with Gasteiger partial charge in [0.1, 0.15) is 11.6 Å². The fraction of sp³-hybridized carbons (Fsp3) is 0.571. The van der Waals surface area contributed by atoms with E-state index in [2.05, 4.69) is 25.2 Å². The normalized spacial score (nSPS) is 24.4. The minimum Gasteiger partial charge on any atom is -0.364 e. The quantitative estimate of drug-likeness (QED) is 0.485. The predicted octanol–water partition coefficient (Wildman–Crippen LogP) is 3.15. The van der Waals surface area contributed by atoms with E-state index < -0.39 is 39.7 Å². The molecular weight excluding hydrogens is 503 g/mol. The van der Waals surface area contributed by atoms with Gasteiger partial charge in [-0.2, -0.15) is 0 Å². The Morgan fingerprint density at radius 3 is 2.69 bits per heavy atom. The molecule has 190 valence electrons. The average molecular weight is 530 g/mol. The second-order valence-corrected chi connectivity index (χ2v) is 12.2. The highest BCUT2D eigenvalue weighted by atomic mass is 32.2. The topological polar surface area (TPSA) is 105 Å². The number of nitrogens with one attached hydrogen (secondary N) is 2. The summed E-state index contributed by atoms with van der Waals surface area (Å²) in [5, 5.41) is 10.3. The van der Waals surface area contributed by atoms with Crippen LogP contribution in [0.4, 0.5) is 18.9 Å². The molecule has 2 fully saturated rings. The summed E-state index contributed by atoms with van der Waals surface area (Å²) in [5.41, 5.74) is 0.627. The number of alkyl halides is 3. The number of halogens is 3. The van der Waals surface area contributed by atoms with Gasteiger partial charge in [0.05, 0.1) is 23.4 Å². The van der Waals surface area contributed by atoms with Gasteiger partial charge in [-0.25, -0.2) is 31.3 Å². The molecule has 2 aliphatic rings. The Kier molecular flexibility index (Phi) is 6.05. The van der Waals surface area contributed by atoms with Crippen LogP contribution in [0.5, 0.6) is 0 Å². The molecule has 0 amide bonds. The molecular formula is C21H26F3N7O2S2. The number of aromatic nitrogens is 4. The molecule has 1 saturated carbocycles. The molecule has 2 N–H and O–H groups in total. The van der Waals surface area contributed by atoms with Gasteiger partial charge in [-0.1, -0.05) is 11.3 Å². The van der Waals surface area contributed by atoms with E-state index in [0.29, 0.717) is 29.1 Å². The van der Waals surface area contributed by atoms with E-state index in [1.54, 1.807) is 16.7 Å². The van der Waals surface area contributed by atoms with E-state index in [9.17, 15) is 21.6 Å². The molecule has 3 aromatic heterocycles. The number of nitrogens with zero attached hydrogens (tertiary/aromatic N) is 5. The first-order chi connectivity index (χ1) is 16.5. The van der Waals surface area contributed by atoms with Crippen molar-refractivity contribution >= 4 is 32.6 Å². The van der Waals surface area contributed by atoms with Crippen molar-refractivity contribution in [1.82, 2.24) is 29.6 Å². The molecule has 0 bridgehead atoms. The van der Waals surface area contributed by atoms with Crippen molar-refractivity contribution < 1.29 is 21.6 Å². The van der Waals surface area contributed by atoms with Crippen LogP contribution in [0, 0.1) is 0 Å². The Balaban J connectivity index is 1.68. The van der Waals surface area contributed by atoms with Crippen molar-refractivity contribution in [1.29, 1.82) is 0 Å². The smallest absolute Gasteiger partial charge is 0.291 e. The van der Waals surface area contributed by atoms with Gasteiger partial charge in [0, 0.05) is 30.4 Å². The van der Waals surface area contributed by atoms with Gasteiger partial charge in [0.15, 0.2) is 15.8 Å². The summed E-state index contributed by atoms with van der Waals surface area (Å²) in [5.74, 6) is 0.207. The standard InChI is InChI=1S/C21H26F3N7O2S2/c1-11-9-30(12(2)14(7-22)26-11)15-6-13(35(32,33)29-21(3)4-5-21)10-31-16(15)8-25-18(31)20-28-27-19(34-20)17(23)24/h6,8,10-12,14,17,26,29H,4-5,7,9H2,1-3H3/t11-,12+,14-/m0/s1. The van der Waals surface area contributed by atoms with Crippen molar-refractivity contribution in [3.05, 3.63) is 23.5 Å². The van der Waals surface area contributed by atoms with Crippen molar-refractivity contribution in [3.8, 4) is 10.8 Å². The van der Waals surface area contributed by atoms with Gasteiger partial charge in [-0.3, -0.25) is 4.40 Å². The van der Waals surface area contributed by atoms with Crippen molar-refractivity contribution in [2.45, 2.75) is 68.6 Å². The molecule has 1 aliphatic heterocycles. The van der Waals surface area contributed by atoms with Gasteiger partial charge in [0.25, 0.3) is 6.43 Å². The summed E-state index contributed by atoms with van der Waals surface area (Å²) in [6.45, 7) is 5.58. The van der Waals surface area contributed by atoms with Crippen LogP contribution in [0.15, 0.2) is 23.4 Å². The van der Waals surface area contributed by atoms with Gasteiger partial charge >= 0.3 is 0 Å². The molecule has 1 saturated heterocycles. The second kappa shape index (κ2) is 8.68. The molecule has 35 heavy (non-hydrogen) atoms. The summed E-state index contributed by atoms with van der Waals surface area (Å²) >= 11 is 0.699. The van der Waals surface area contributed by atoms with Gasteiger partial charge in [-0.05, 0) is 39.7 Å². The average Bonchev–Trinajstić information content (AvgIpc) is 3.18. The van der Waals surface area contributed by atoms with Crippen molar-refractivity contribution in [3.63, 3.8) is 0 Å². The number of sulfonamides is 1. The molecule has 5 rings (SSSR count). The molecule has 14 heteroatoms. The van der Waals surface area contributed by atoms with E-state index in [0.717, 1.165) is 12.8 Å². The van der Waals surface area contributed by atoms with Gasteiger partial charge < -0.3 is 10.2 Å². The minimum absolute atomic E-state index is 0.00107. The Labute approximate surface area is 204 Å². The van der Waals surface area contributed by atoms with Crippen LogP contribution in [-0.2, 0) is 10.0 Å². The van der Waals surface area contributed by atoms with Crippen LogP contribution in [-0.4, -0.2) is 64.9 Å². The fourth-order valence-electron chi connectivity index (χ4n) is 4.40. The number of hydrogen-bond acceptors (Lipinski definition) is 8. The second-order valence-electron chi connectivity index (χ2n) is 9.53. The highest BCUT2D eigenvalue weighted by Gasteiger charge is 2.42. The zero-order valence-electron chi connectivity index (χ0n) is 19.4. The third-order valence-electron chi connectivity index (χ3n) is 6.62. The van der Waals surface area contributed by atoms with Gasteiger partial charge in [0.2, 0.25) is 10.0 Å². The number of piperazine rings is 1. The van der Waals surface area contributed by atoms with Crippen molar-refractivity contribution in [2.75, 3.05) is 18.1 Å². The van der Waals surface area contributed by atoms with Crippen LogP contribution < -0.4 is 14.9 Å². The first-order valence-electron chi connectivity index (χ1n) is 11.3. The maximum Gasteiger partial charge on any atom is 0.291 e. The summed E-state index contributed by atoms with van der Waals surface area (Å²) in [4.78, 5) is 6.35. The number of imidazole rings is 1. The Hall–Kier alpha value is -2.29. The van der Waals surface area contributed by atoms with Gasteiger partial charge in [-0.15, -0.1) is 10.2 Å². The molecule has 3 aromatic rings. The lowest BCUT2D eigenvalue weighted by atomic mass is 10.0. The van der Waals surface area contributed by atoms with E-state index in [1.165, 1.54) is 6.20 Å². The number of hydrogen-bond donors (Lipinski definition) is 2. The fourth-order valence-corrected chi connectivity index (χ4v) is 6.58. The lowest BCUT2D eigenvalue weighted by Gasteiger charge is -2.44. The van der Waals surface area contributed by atoms with Crippen molar-refractivity contribution in [2.24, 2.45) is 0 Å². The van der Waals surface area contributed by atoms with Crippen LogP contribution >= 0.6 is 11.3 Å². The van der Waals surface area contributed by atoms with Crippen LogP contribution in [0.2, 0.25) is 0 Å². The lowest BCUT2D eigenvalue weighted by molar-refractivity contribution is 0.150. The first kappa shape index (κ1) is 24.4. The van der Waals surface area contributed by atoms with E-state index in [-0.39, 0.29) is 27.8 Å². The van der Waals surface area contributed by atoms with Crippen LogP contribution in [0.3, 0.4) is 0 Å². The SMILES string of the molecule is C[C@@H]1[C@H](CF)N[C@@H](C)CN1c1cc(S(=O)(=O)NC2(C)CC2)cn2c(-c3nnc(C(F)F)s3)ncc12. The number of rotatable bonds is 7. The third kappa shape index (κ3) is 4.52. The number of fused-ring (bicyclic) bond motifs is 1. The summed E-state index contributed by atoms with van der Waals surface area (Å²) in [6, 6.07) is 0.803. The highest BCUT2D eigenvalue weighted by molar-refractivity contribution is 7.89. The molecule has 9 nitrogen and oxygen atoms in total. The monoisotopic (exact) mass is 529 g/mol. The lowest BCUT2D eigenvalue weighted by Crippen LogP contribution is -2.61. The molecule has 0 spiro atoms. The van der Waals surface area contributed by atoms with E-state index in [4.69, 9.17) is 0 Å². The van der Waals surface area contributed by atoms with Crippen LogP contribution in [0.25, 0.3) is 16.3 Å². The summed E-state index contributed by atoms with van der Waals surface area (Å²) in [6.07, 6.45) is 1.67. The number of pyridine rings is 1. The molecule has 0 aromatic carbocycles. The molecule has 0 radical (unpaired) electrons. The maximum absolute atomic E-state index is 13.8. The minimum atomic E-state index is -3.91. The van der Waals surface area contributed by atoms with E-state index >= 15 is 0 Å². The zero-order valence-corrected chi connectivity index (χ0v) is 21.0. The Morgan fingerprint density at radius 1 is 1.31 bits per heavy atom. The number of anilines is 1. The third-order valence-corrected chi connectivity index (χ3v) is 9.15. The molecule has 1 aliphatic carbocycles. The molecule has 3 atom stereocenters. The summed E-state index contributed by atoms with van der Waals surface area (Å²) < 4.78 is 71.0. The largest absolute Gasteiger partial charge is 0.364 e.